The molecule has 0 fully saturated rings. The first kappa shape index (κ1) is 5.90. The Hall–Kier alpha value is -0.850. The SMILES string of the molecule is Cc1ccc2c(n1)[C@@H](C)C2. The van der Waals surface area contributed by atoms with Crippen molar-refractivity contribution in [3.05, 3.63) is 29.1 Å². The maximum Gasteiger partial charge on any atom is 0.0470 e. The van der Waals surface area contributed by atoms with Crippen molar-refractivity contribution in [2.45, 2.75) is 26.2 Å². The van der Waals surface area contributed by atoms with Crippen LogP contribution in [0.2, 0.25) is 0 Å². The molecule has 1 nitrogen and oxygen atoms in total. The second-order valence-electron chi connectivity index (χ2n) is 3.10. The lowest BCUT2D eigenvalue weighted by Crippen LogP contribution is -2.16. The Kier molecular flexibility index (Phi) is 1.07. The lowest BCUT2D eigenvalue weighted by atomic mass is 9.83. The second-order valence-corrected chi connectivity index (χ2v) is 3.10. The normalized spacial score (nSPS) is 21.6. The zero-order chi connectivity index (χ0) is 7.14. The lowest BCUT2D eigenvalue weighted by Gasteiger charge is -2.25. The van der Waals surface area contributed by atoms with Crippen molar-refractivity contribution in [3.63, 3.8) is 0 Å². The first-order valence-corrected chi connectivity index (χ1v) is 3.74. The molecule has 1 aromatic heterocycles. The minimum absolute atomic E-state index is 0.704. The summed E-state index contributed by atoms with van der Waals surface area (Å²) in [6, 6.07) is 4.28. The van der Waals surface area contributed by atoms with Crippen LogP contribution in [0.25, 0.3) is 0 Å². The molecule has 1 atom stereocenters. The average Bonchev–Trinajstić information content (AvgIpc) is 1.92. The molecule has 0 radical (unpaired) electrons. The highest BCUT2D eigenvalue weighted by Gasteiger charge is 2.22. The predicted molar refractivity (Wildman–Crippen MR) is 41.1 cm³/mol. The molecule has 0 aromatic carbocycles. The zero-order valence-corrected chi connectivity index (χ0v) is 6.39. The molecule has 0 amide bonds. The van der Waals surface area contributed by atoms with Gasteiger partial charge in [-0.3, -0.25) is 4.98 Å². The maximum atomic E-state index is 4.44. The quantitative estimate of drug-likeness (QED) is 0.527. The number of hydrogen-bond acceptors (Lipinski definition) is 1. The largest absolute Gasteiger partial charge is 0.258 e. The van der Waals surface area contributed by atoms with Crippen molar-refractivity contribution in [2.24, 2.45) is 0 Å². The molecular formula is C9H11N. The van der Waals surface area contributed by atoms with Crippen molar-refractivity contribution < 1.29 is 0 Å². The molecule has 1 heterocycles. The van der Waals surface area contributed by atoms with E-state index in [-0.39, 0.29) is 0 Å². The monoisotopic (exact) mass is 133 g/mol. The van der Waals surface area contributed by atoms with Gasteiger partial charge in [0.15, 0.2) is 0 Å². The topological polar surface area (TPSA) is 12.9 Å². The Labute approximate surface area is 61.1 Å². The summed E-state index contributed by atoms with van der Waals surface area (Å²) in [7, 11) is 0. The van der Waals surface area contributed by atoms with Crippen LogP contribution in [-0.2, 0) is 6.42 Å². The molecule has 10 heavy (non-hydrogen) atoms. The van der Waals surface area contributed by atoms with Gasteiger partial charge in [-0.15, -0.1) is 0 Å². The van der Waals surface area contributed by atoms with Crippen LogP contribution in [0.15, 0.2) is 12.1 Å². The van der Waals surface area contributed by atoms with Crippen LogP contribution < -0.4 is 0 Å². The molecule has 0 saturated heterocycles. The Morgan fingerprint density at radius 2 is 2.30 bits per heavy atom. The van der Waals surface area contributed by atoms with E-state index in [4.69, 9.17) is 0 Å². The van der Waals surface area contributed by atoms with Gasteiger partial charge in [0.2, 0.25) is 0 Å². The highest BCUT2D eigenvalue weighted by Crippen LogP contribution is 2.32. The van der Waals surface area contributed by atoms with E-state index in [0.717, 1.165) is 5.69 Å². The molecular weight excluding hydrogens is 122 g/mol. The summed E-state index contributed by atoms with van der Waals surface area (Å²) >= 11 is 0. The molecule has 1 heteroatoms. The standard InChI is InChI=1S/C9H11N/c1-6-5-8-4-3-7(2)10-9(6)8/h3-4,6H,5H2,1-2H3/t6-/m0/s1. The molecule has 0 bridgehead atoms. The van der Waals surface area contributed by atoms with E-state index < -0.39 is 0 Å². The van der Waals surface area contributed by atoms with Crippen molar-refractivity contribution >= 4 is 0 Å². The highest BCUT2D eigenvalue weighted by atomic mass is 14.7. The third kappa shape index (κ3) is 0.666. The Morgan fingerprint density at radius 3 is 2.90 bits per heavy atom. The fourth-order valence-corrected chi connectivity index (χ4v) is 1.50. The average molecular weight is 133 g/mol. The summed E-state index contributed by atoms with van der Waals surface area (Å²) in [6.45, 7) is 4.28. The molecule has 0 saturated carbocycles. The van der Waals surface area contributed by atoms with Crippen LogP contribution >= 0.6 is 0 Å². The smallest absolute Gasteiger partial charge is 0.0470 e. The minimum Gasteiger partial charge on any atom is -0.258 e. The van der Waals surface area contributed by atoms with Gasteiger partial charge in [-0.25, -0.2) is 0 Å². The van der Waals surface area contributed by atoms with Gasteiger partial charge >= 0.3 is 0 Å². The summed E-state index contributed by atoms with van der Waals surface area (Å²) in [5.74, 6) is 0.704. The molecule has 0 aliphatic heterocycles. The number of fused-ring (bicyclic) bond motifs is 1. The van der Waals surface area contributed by atoms with Crippen LogP contribution in [0.5, 0.6) is 0 Å². The number of rotatable bonds is 0. The van der Waals surface area contributed by atoms with Crippen LogP contribution in [0.4, 0.5) is 0 Å². The molecule has 2 rings (SSSR count). The molecule has 0 unspecified atom stereocenters. The fraction of sp³-hybridized carbons (Fsp3) is 0.444. The van der Waals surface area contributed by atoms with Gasteiger partial charge in [0.25, 0.3) is 0 Å². The zero-order valence-electron chi connectivity index (χ0n) is 6.39. The van der Waals surface area contributed by atoms with E-state index in [1.165, 1.54) is 17.7 Å². The maximum absolute atomic E-state index is 4.44. The molecule has 0 spiro atoms. The number of hydrogen-bond donors (Lipinski definition) is 0. The highest BCUT2D eigenvalue weighted by molar-refractivity contribution is 5.34. The summed E-state index contributed by atoms with van der Waals surface area (Å²) in [6.07, 6.45) is 1.22. The molecule has 1 aromatic rings. The van der Waals surface area contributed by atoms with Crippen LogP contribution in [0, 0.1) is 6.92 Å². The molecule has 1 aliphatic rings. The molecule has 1 aliphatic carbocycles. The van der Waals surface area contributed by atoms with E-state index in [1.807, 2.05) is 6.92 Å². The van der Waals surface area contributed by atoms with Crippen LogP contribution in [-0.4, -0.2) is 4.98 Å². The lowest BCUT2D eigenvalue weighted by molar-refractivity contribution is 0.631. The van der Waals surface area contributed by atoms with Crippen molar-refractivity contribution in [1.82, 2.24) is 4.98 Å². The number of aryl methyl sites for hydroxylation is 1. The number of aromatic nitrogens is 1. The van der Waals surface area contributed by atoms with Gasteiger partial charge in [0.1, 0.15) is 0 Å². The second kappa shape index (κ2) is 1.82. The van der Waals surface area contributed by atoms with Crippen molar-refractivity contribution in [1.29, 1.82) is 0 Å². The Morgan fingerprint density at radius 1 is 1.50 bits per heavy atom. The van der Waals surface area contributed by atoms with E-state index in [0.29, 0.717) is 5.92 Å². The summed E-state index contributed by atoms with van der Waals surface area (Å²) in [4.78, 5) is 4.44. The van der Waals surface area contributed by atoms with Gasteiger partial charge in [-0.05, 0) is 25.0 Å². The predicted octanol–water partition coefficient (Wildman–Crippen LogP) is 2.05. The van der Waals surface area contributed by atoms with Crippen molar-refractivity contribution in [2.75, 3.05) is 0 Å². The Balaban J connectivity index is 2.51. The summed E-state index contributed by atoms with van der Waals surface area (Å²) in [5.41, 5.74) is 3.91. The van der Waals surface area contributed by atoms with Crippen LogP contribution in [0.1, 0.15) is 29.8 Å². The molecule has 52 valence electrons. The number of pyridine rings is 1. The first-order valence-electron chi connectivity index (χ1n) is 3.74. The third-order valence-corrected chi connectivity index (χ3v) is 2.14. The van der Waals surface area contributed by atoms with Crippen molar-refractivity contribution in [3.8, 4) is 0 Å². The number of nitrogens with zero attached hydrogens (tertiary/aromatic N) is 1. The van der Waals surface area contributed by atoms with E-state index in [2.05, 4.69) is 24.0 Å². The first-order chi connectivity index (χ1) is 4.77. The molecule has 0 N–H and O–H groups in total. The summed E-state index contributed by atoms with van der Waals surface area (Å²) in [5, 5.41) is 0. The van der Waals surface area contributed by atoms with E-state index >= 15 is 0 Å². The fourth-order valence-electron chi connectivity index (χ4n) is 1.50. The van der Waals surface area contributed by atoms with Gasteiger partial charge in [-0.1, -0.05) is 13.0 Å². The van der Waals surface area contributed by atoms with E-state index in [1.54, 1.807) is 0 Å². The van der Waals surface area contributed by atoms with Gasteiger partial charge in [0, 0.05) is 17.3 Å². The van der Waals surface area contributed by atoms with Gasteiger partial charge < -0.3 is 0 Å². The summed E-state index contributed by atoms with van der Waals surface area (Å²) < 4.78 is 0. The van der Waals surface area contributed by atoms with Crippen LogP contribution in [0.3, 0.4) is 0 Å². The minimum atomic E-state index is 0.704. The Bertz CT molecular complexity index is 265. The van der Waals surface area contributed by atoms with Gasteiger partial charge in [-0.2, -0.15) is 0 Å². The van der Waals surface area contributed by atoms with E-state index in [9.17, 15) is 0 Å². The van der Waals surface area contributed by atoms with Gasteiger partial charge in [0.05, 0.1) is 0 Å². The third-order valence-electron chi connectivity index (χ3n) is 2.14.